The Labute approximate surface area is 210 Å². The van der Waals surface area contributed by atoms with E-state index >= 15 is 0 Å². The van der Waals surface area contributed by atoms with Crippen molar-refractivity contribution in [3.05, 3.63) is 70.8 Å². The Kier molecular flexibility index (Phi) is 6.25. The van der Waals surface area contributed by atoms with E-state index in [1.54, 1.807) is 0 Å². The lowest BCUT2D eigenvalue weighted by Crippen LogP contribution is -2.33. The topological polar surface area (TPSA) is 29.5 Å². The van der Waals surface area contributed by atoms with Gasteiger partial charge in [0.2, 0.25) is 0 Å². The predicted octanol–water partition coefficient (Wildman–Crippen LogP) is 7.63. The van der Waals surface area contributed by atoms with Gasteiger partial charge >= 0.3 is 5.97 Å². The molecule has 5 rings (SSSR count). The van der Waals surface area contributed by atoms with Gasteiger partial charge in [-0.2, -0.15) is 0 Å². The van der Waals surface area contributed by atoms with Crippen LogP contribution in [0.25, 0.3) is 21.9 Å². The molecule has 1 heterocycles. The second-order valence-electron chi connectivity index (χ2n) is 11.8. The van der Waals surface area contributed by atoms with Gasteiger partial charge in [-0.25, -0.2) is 4.79 Å². The lowest BCUT2D eigenvalue weighted by atomic mass is 9.62. The zero-order chi connectivity index (χ0) is 24.8. The molecule has 0 aromatic heterocycles. The lowest BCUT2D eigenvalue weighted by Gasteiger charge is -2.42. The molecule has 2 aliphatic rings. The van der Waals surface area contributed by atoms with Gasteiger partial charge in [-0.05, 0) is 125 Å². The molecule has 0 bridgehead atoms. The minimum absolute atomic E-state index is 0.186. The van der Waals surface area contributed by atoms with Gasteiger partial charge in [0.25, 0.3) is 0 Å². The molecule has 1 fully saturated rings. The maximum absolute atomic E-state index is 12.1. The Bertz CT molecular complexity index is 1250. The summed E-state index contributed by atoms with van der Waals surface area (Å²) in [5.74, 6) is -0.260. The Morgan fingerprint density at radius 3 is 2.11 bits per heavy atom. The maximum Gasteiger partial charge on any atom is 0.338 e. The molecule has 0 radical (unpaired) electrons. The first kappa shape index (κ1) is 24.1. The normalized spacial score (nSPS) is 19.0. The molecular weight excluding hydrogens is 430 g/mol. The fraction of sp³-hybridized carbons (Fsp3) is 0.469. The number of fused-ring (bicyclic) bond motifs is 2. The monoisotopic (exact) mass is 469 g/mol. The van der Waals surface area contributed by atoms with Crippen molar-refractivity contribution in [3.63, 3.8) is 0 Å². The number of hydrogen-bond acceptors (Lipinski definition) is 3. The smallest absolute Gasteiger partial charge is 0.338 e. The molecule has 0 N–H and O–H groups in total. The van der Waals surface area contributed by atoms with E-state index in [0.717, 1.165) is 12.1 Å². The van der Waals surface area contributed by atoms with Crippen LogP contribution in [0.5, 0.6) is 0 Å². The highest BCUT2D eigenvalue weighted by molar-refractivity contribution is 5.93. The van der Waals surface area contributed by atoms with Gasteiger partial charge in [-0.15, -0.1) is 0 Å². The van der Waals surface area contributed by atoms with E-state index in [1.807, 2.05) is 19.1 Å². The van der Waals surface area contributed by atoms with Crippen molar-refractivity contribution in [1.82, 2.24) is 4.90 Å². The molecule has 0 amide bonds. The Morgan fingerprint density at radius 2 is 1.49 bits per heavy atom. The molecule has 184 valence electrons. The molecule has 3 heteroatoms. The summed E-state index contributed by atoms with van der Waals surface area (Å²) >= 11 is 0. The average molecular weight is 470 g/mol. The van der Waals surface area contributed by atoms with Crippen LogP contribution in [0.2, 0.25) is 0 Å². The number of carbonyl (C=O) groups excluding carboxylic acids is 1. The molecule has 0 atom stereocenters. The van der Waals surface area contributed by atoms with E-state index in [4.69, 9.17) is 4.74 Å². The Morgan fingerprint density at radius 1 is 0.857 bits per heavy atom. The minimum Gasteiger partial charge on any atom is -0.462 e. The van der Waals surface area contributed by atoms with Crippen molar-refractivity contribution in [2.24, 2.45) is 0 Å². The van der Waals surface area contributed by atoms with Crippen LogP contribution >= 0.6 is 0 Å². The third-order valence-corrected chi connectivity index (χ3v) is 8.33. The van der Waals surface area contributed by atoms with E-state index in [0.29, 0.717) is 12.2 Å². The van der Waals surface area contributed by atoms with E-state index in [2.05, 4.69) is 69.0 Å². The number of hydrogen-bond donors (Lipinski definition) is 0. The number of likely N-dealkylation sites (tertiary alicyclic amines) is 1. The average Bonchev–Trinajstić information content (AvgIpc) is 3.35. The summed E-state index contributed by atoms with van der Waals surface area (Å²) in [4.78, 5) is 14.7. The third kappa shape index (κ3) is 4.63. The molecule has 3 aromatic carbocycles. The fourth-order valence-corrected chi connectivity index (χ4v) is 6.00. The SMILES string of the molecule is CCOC(=O)c1ccc(-c2cc(CN3CCCC3)c3cc4c(cc3c2)C(C)(C)CCC4(C)C)cc1. The van der Waals surface area contributed by atoms with Crippen molar-refractivity contribution >= 4 is 16.7 Å². The van der Waals surface area contributed by atoms with Crippen LogP contribution in [0.4, 0.5) is 0 Å². The summed E-state index contributed by atoms with van der Waals surface area (Å²) in [6, 6.07) is 17.6. The van der Waals surface area contributed by atoms with Crippen LogP contribution in [-0.4, -0.2) is 30.6 Å². The fourth-order valence-electron chi connectivity index (χ4n) is 6.00. The Balaban J connectivity index is 1.65. The van der Waals surface area contributed by atoms with E-state index in [1.165, 1.54) is 71.8 Å². The summed E-state index contributed by atoms with van der Waals surface area (Å²) in [6.45, 7) is 15.2. The number of esters is 1. The van der Waals surface area contributed by atoms with Gasteiger partial charge in [0, 0.05) is 6.54 Å². The maximum atomic E-state index is 12.1. The summed E-state index contributed by atoms with van der Waals surface area (Å²) in [6.07, 6.45) is 5.03. The predicted molar refractivity (Wildman–Crippen MR) is 145 cm³/mol. The Hall–Kier alpha value is -2.65. The number of rotatable bonds is 5. The van der Waals surface area contributed by atoms with Gasteiger partial charge in [-0.1, -0.05) is 45.9 Å². The summed E-state index contributed by atoms with van der Waals surface area (Å²) in [5.41, 5.74) is 7.79. The highest BCUT2D eigenvalue weighted by Crippen LogP contribution is 2.47. The first-order valence-corrected chi connectivity index (χ1v) is 13.3. The van der Waals surface area contributed by atoms with Crippen LogP contribution < -0.4 is 0 Å². The van der Waals surface area contributed by atoms with Crippen molar-refractivity contribution in [1.29, 1.82) is 0 Å². The lowest BCUT2D eigenvalue weighted by molar-refractivity contribution is 0.0526. The molecule has 1 saturated heterocycles. The first-order valence-electron chi connectivity index (χ1n) is 13.3. The van der Waals surface area contributed by atoms with Crippen molar-refractivity contribution in [2.75, 3.05) is 19.7 Å². The van der Waals surface area contributed by atoms with E-state index in [9.17, 15) is 4.79 Å². The van der Waals surface area contributed by atoms with Crippen LogP contribution in [0, 0.1) is 0 Å². The molecule has 0 unspecified atom stereocenters. The molecule has 3 aromatic rings. The first-order chi connectivity index (χ1) is 16.7. The van der Waals surface area contributed by atoms with Gasteiger partial charge in [0.15, 0.2) is 0 Å². The van der Waals surface area contributed by atoms with Crippen molar-refractivity contribution < 1.29 is 9.53 Å². The second kappa shape index (κ2) is 9.09. The van der Waals surface area contributed by atoms with Gasteiger partial charge in [-0.3, -0.25) is 4.90 Å². The van der Waals surface area contributed by atoms with Gasteiger partial charge in [0.05, 0.1) is 12.2 Å². The molecule has 35 heavy (non-hydrogen) atoms. The molecule has 1 aliphatic carbocycles. The summed E-state index contributed by atoms with van der Waals surface area (Å²) < 4.78 is 5.17. The van der Waals surface area contributed by atoms with Crippen LogP contribution in [0.15, 0.2) is 48.5 Å². The van der Waals surface area contributed by atoms with Crippen LogP contribution in [0.3, 0.4) is 0 Å². The standard InChI is InChI=1S/C32H39NO2/c1-6-35-30(34)23-11-9-22(10-12-23)24-17-25-19-28-29(32(4,5)14-13-31(28,2)3)20-27(25)26(18-24)21-33-15-7-8-16-33/h9-12,17-20H,6-8,13-16,21H2,1-5H3. The quantitative estimate of drug-likeness (QED) is 0.360. The second-order valence-corrected chi connectivity index (χ2v) is 11.8. The number of nitrogens with zero attached hydrogens (tertiary/aromatic N) is 1. The minimum atomic E-state index is -0.260. The molecular formula is C32H39NO2. The van der Waals surface area contributed by atoms with Crippen LogP contribution in [0.1, 0.15) is 87.4 Å². The van der Waals surface area contributed by atoms with E-state index < -0.39 is 0 Å². The van der Waals surface area contributed by atoms with Gasteiger partial charge in [0.1, 0.15) is 0 Å². The largest absolute Gasteiger partial charge is 0.462 e. The summed E-state index contributed by atoms with van der Waals surface area (Å²) in [7, 11) is 0. The molecule has 0 spiro atoms. The number of carbonyl (C=O) groups is 1. The number of benzene rings is 3. The molecule has 0 saturated carbocycles. The third-order valence-electron chi connectivity index (χ3n) is 8.33. The zero-order valence-electron chi connectivity index (χ0n) is 22.0. The highest BCUT2D eigenvalue weighted by atomic mass is 16.5. The molecule has 3 nitrogen and oxygen atoms in total. The summed E-state index contributed by atoms with van der Waals surface area (Å²) in [5, 5.41) is 2.73. The number of ether oxygens (including phenoxy) is 1. The van der Waals surface area contributed by atoms with Crippen molar-refractivity contribution in [3.8, 4) is 11.1 Å². The zero-order valence-corrected chi connectivity index (χ0v) is 22.0. The van der Waals surface area contributed by atoms with Crippen LogP contribution in [-0.2, 0) is 22.1 Å². The highest BCUT2D eigenvalue weighted by Gasteiger charge is 2.37. The molecule has 1 aliphatic heterocycles. The van der Waals surface area contributed by atoms with E-state index in [-0.39, 0.29) is 16.8 Å². The van der Waals surface area contributed by atoms with Gasteiger partial charge < -0.3 is 4.74 Å². The van der Waals surface area contributed by atoms with Crippen molar-refractivity contribution in [2.45, 2.75) is 77.7 Å².